The Labute approximate surface area is 114 Å². The number of hydrogen-bond acceptors (Lipinski definition) is 2. The van der Waals surface area contributed by atoms with E-state index in [9.17, 15) is 13.6 Å². The number of benzene rings is 2. The van der Waals surface area contributed by atoms with Crippen LogP contribution in [-0.4, -0.2) is 6.03 Å². The fourth-order valence-corrected chi connectivity index (χ4v) is 1.60. The largest absolute Gasteiger partial charge is 0.399 e. The highest BCUT2D eigenvalue weighted by Crippen LogP contribution is 2.11. The standard InChI is InChI=1S/C14H13F2N3O/c15-10-1-6-13(16)9(7-10)8-18-14(20)19-12-4-2-11(17)3-5-12/h1-7H,8,17H2,(H2,18,19,20). The summed E-state index contributed by atoms with van der Waals surface area (Å²) in [5.41, 5.74) is 6.73. The third-order valence-electron chi connectivity index (χ3n) is 2.62. The average Bonchev–Trinajstić information content (AvgIpc) is 2.42. The van der Waals surface area contributed by atoms with Crippen molar-refractivity contribution in [2.45, 2.75) is 6.54 Å². The first-order valence-electron chi connectivity index (χ1n) is 5.89. The number of halogens is 2. The maximum Gasteiger partial charge on any atom is 0.319 e. The van der Waals surface area contributed by atoms with Crippen molar-refractivity contribution < 1.29 is 13.6 Å². The molecule has 0 saturated carbocycles. The highest BCUT2D eigenvalue weighted by atomic mass is 19.1. The lowest BCUT2D eigenvalue weighted by Gasteiger charge is -2.08. The molecule has 4 N–H and O–H groups in total. The second-order valence-corrected chi connectivity index (χ2v) is 4.17. The summed E-state index contributed by atoms with van der Waals surface area (Å²) in [4.78, 5) is 11.6. The lowest BCUT2D eigenvalue weighted by molar-refractivity contribution is 0.251. The van der Waals surface area contributed by atoms with Crippen molar-refractivity contribution in [2.24, 2.45) is 0 Å². The predicted molar refractivity (Wildman–Crippen MR) is 73.1 cm³/mol. The van der Waals surface area contributed by atoms with Crippen LogP contribution in [0.15, 0.2) is 42.5 Å². The van der Waals surface area contributed by atoms with Gasteiger partial charge in [-0.15, -0.1) is 0 Å². The van der Waals surface area contributed by atoms with Gasteiger partial charge >= 0.3 is 6.03 Å². The molecule has 0 bridgehead atoms. The molecule has 20 heavy (non-hydrogen) atoms. The monoisotopic (exact) mass is 277 g/mol. The summed E-state index contributed by atoms with van der Waals surface area (Å²) in [5, 5.41) is 4.99. The second kappa shape index (κ2) is 6.01. The Hall–Kier alpha value is -2.63. The van der Waals surface area contributed by atoms with Gasteiger partial charge in [0.15, 0.2) is 0 Å². The molecule has 2 aromatic carbocycles. The third-order valence-corrected chi connectivity index (χ3v) is 2.62. The van der Waals surface area contributed by atoms with E-state index in [0.717, 1.165) is 18.2 Å². The Morgan fingerprint density at radius 2 is 1.80 bits per heavy atom. The van der Waals surface area contributed by atoms with Crippen molar-refractivity contribution in [3.63, 3.8) is 0 Å². The molecule has 2 amide bonds. The molecule has 0 radical (unpaired) electrons. The van der Waals surface area contributed by atoms with Gasteiger partial charge in [0.2, 0.25) is 0 Å². The lowest BCUT2D eigenvalue weighted by Crippen LogP contribution is -2.28. The van der Waals surface area contributed by atoms with Gasteiger partial charge in [0, 0.05) is 23.5 Å². The van der Waals surface area contributed by atoms with Crippen LogP contribution in [0.1, 0.15) is 5.56 Å². The molecule has 0 fully saturated rings. The van der Waals surface area contributed by atoms with E-state index in [1.165, 1.54) is 0 Å². The van der Waals surface area contributed by atoms with Crippen molar-refractivity contribution in [1.29, 1.82) is 0 Å². The normalized spacial score (nSPS) is 10.1. The van der Waals surface area contributed by atoms with Gasteiger partial charge in [-0.25, -0.2) is 13.6 Å². The Morgan fingerprint density at radius 3 is 2.50 bits per heavy atom. The summed E-state index contributed by atoms with van der Waals surface area (Å²) >= 11 is 0. The molecule has 2 rings (SSSR count). The number of amides is 2. The Morgan fingerprint density at radius 1 is 1.10 bits per heavy atom. The van der Waals surface area contributed by atoms with Crippen molar-refractivity contribution in [3.05, 3.63) is 59.7 Å². The smallest absolute Gasteiger partial charge is 0.319 e. The molecule has 0 spiro atoms. The minimum atomic E-state index is -0.570. The topological polar surface area (TPSA) is 67.1 Å². The second-order valence-electron chi connectivity index (χ2n) is 4.17. The number of nitrogens with one attached hydrogen (secondary N) is 2. The van der Waals surface area contributed by atoms with Gasteiger partial charge in [0.25, 0.3) is 0 Å². The zero-order valence-corrected chi connectivity index (χ0v) is 10.5. The molecule has 0 heterocycles. The molecule has 0 unspecified atom stereocenters. The number of nitrogens with two attached hydrogens (primary N) is 1. The van der Waals surface area contributed by atoms with Crippen LogP contribution in [0, 0.1) is 11.6 Å². The van der Waals surface area contributed by atoms with Crippen molar-refractivity contribution in [3.8, 4) is 0 Å². The number of carbonyl (C=O) groups excluding carboxylic acids is 1. The first-order valence-corrected chi connectivity index (χ1v) is 5.89. The summed E-state index contributed by atoms with van der Waals surface area (Å²) in [6, 6.07) is 9.12. The van der Waals surface area contributed by atoms with Crippen LogP contribution < -0.4 is 16.4 Å². The van der Waals surface area contributed by atoms with Crippen LogP contribution >= 0.6 is 0 Å². The maximum atomic E-state index is 13.3. The van der Waals surface area contributed by atoms with E-state index < -0.39 is 17.7 Å². The van der Waals surface area contributed by atoms with Gasteiger partial charge in [-0.05, 0) is 42.5 Å². The van der Waals surface area contributed by atoms with E-state index in [-0.39, 0.29) is 12.1 Å². The van der Waals surface area contributed by atoms with Crippen molar-refractivity contribution in [2.75, 3.05) is 11.1 Å². The number of carbonyl (C=O) groups is 1. The van der Waals surface area contributed by atoms with Gasteiger partial charge in [0.05, 0.1) is 0 Å². The highest BCUT2D eigenvalue weighted by Gasteiger charge is 2.06. The van der Waals surface area contributed by atoms with Crippen LogP contribution in [0.4, 0.5) is 25.0 Å². The number of nitrogen functional groups attached to an aromatic ring is 1. The van der Waals surface area contributed by atoms with Crippen molar-refractivity contribution in [1.82, 2.24) is 5.32 Å². The molecule has 0 aliphatic carbocycles. The molecule has 6 heteroatoms. The maximum absolute atomic E-state index is 13.3. The number of rotatable bonds is 3. The summed E-state index contributed by atoms with van der Waals surface area (Å²) in [6.07, 6.45) is 0. The number of urea groups is 1. The Kier molecular flexibility index (Phi) is 4.14. The van der Waals surface area contributed by atoms with E-state index in [4.69, 9.17) is 5.73 Å². The first-order chi connectivity index (χ1) is 9.54. The molecule has 104 valence electrons. The number of anilines is 2. The van der Waals surface area contributed by atoms with E-state index in [1.807, 2.05) is 0 Å². The fraction of sp³-hybridized carbons (Fsp3) is 0.0714. The zero-order valence-electron chi connectivity index (χ0n) is 10.5. The van der Waals surface area contributed by atoms with Gasteiger partial charge in [-0.3, -0.25) is 0 Å². The van der Waals surface area contributed by atoms with Crippen LogP contribution in [0.2, 0.25) is 0 Å². The van der Waals surface area contributed by atoms with Gasteiger partial charge in [-0.1, -0.05) is 0 Å². The van der Waals surface area contributed by atoms with Crippen LogP contribution in [-0.2, 0) is 6.54 Å². The van der Waals surface area contributed by atoms with Gasteiger partial charge < -0.3 is 16.4 Å². The van der Waals surface area contributed by atoms with E-state index in [1.54, 1.807) is 24.3 Å². The molecular formula is C14H13F2N3O. The van der Waals surface area contributed by atoms with E-state index in [2.05, 4.69) is 10.6 Å². The Balaban J connectivity index is 1.92. The Bertz CT molecular complexity index is 614. The van der Waals surface area contributed by atoms with E-state index >= 15 is 0 Å². The molecule has 0 saturated heterocycles. The minimum Gasteiger partial charge on any atom is -0.399 e. The summed E-state index contributed by atoms with van der Waals surface area (Å²) < 4.78 is 26.3. The quantitative estimate of drug-likeness (QED) is 0.755. The SMILES string of the molecule is Nc1ccc(NC(=O)NCc2cc(F)ccc2F)cc1. The highest BCUT2D eigenvalue weighted by molar-refractivity contribution is 5.89. The minimum absolute atomic E-state index is 0.0810. The fourth-order valence-electron chi connectivity index (χ4n) is 1.60. The molecule has 4 nitrogen and oxygen atoms in total. The molecule has 0 aromatic heterocycles. The molecule has 0 aliphatic heterocycles. The summed E-state index contributed by atoms with van der Waals surface area (Å²) in [7, 11) is 0. The van der Waals surface area contributed by atoms with Crippen LogP contribution in [0.5, 0.6) is 0 Å². The lowest BCUT2D eigenvalue weighted by atomic mass is 10.2. The molecule has 0 aliphatic rings. The van der Waals surface area contributed by atoms with Crippen LogP contribution in [0.3, 0.4) is 0 Å². The molecule has 0 atom stereocenters. The zero-order chi connectivity index (χ0) is 14.5. The van der Waals surface area contributed by atoms with Crippen molar-refractivity contribution >= 4 is 17.4 Å². The van der Waals surface area contributed by atoms with Crippen LogP contribution in [0.25, 0.3) is 0 Å². The van der Waals surface area contributed by atoms with Gasteiger partial charge in [0.1, 0.15) is 11.6 Å². The third kappa shape index (κ3) is 3.68. The average molecular weight is 277 g/mol. The van der Waals surface area contributed by atoms with E-state index in [0.29, 0.717) is 11.4 Å². The molecule has 2 aromatic rings. The summed E-state index contributed by atoms with van der Waals surface area (Å²) in [6.45, 7) is -0.107. The predicted octanol–water partition coefficient (Wildman–Crippen LogP) is 2.87. The summed E-state index contributed by atoms with van der Waals surface area (Å²) in [5.74, 6) is -1.12. The van der Waals surface area contributed by atoms with Gasteiger partial charge in [-0.2, -0.15) is 0 Å². The molecular weight excluding hydrogens is 264 g/mol. The number of hydrogen-bond donors (Lipinski definition) is 3. The first kappa shape index (κ1) is 13.8.